The lowest BCUT2D eigenvalue weighted by atomic mass is 10.0. The highest BCUT2D eigenvalue weighted by Gasteiger charge is 2.53. The number of carbonyl (C=O) groups is 1. The van der Waals surface area contributed by atoms with E-state index in [1.165, 1.54) is 25.7 Å². The van der Waals surface area contributed by atoms with Crippen LogP contribution in [0.4, 0.5) is 0 Å². The average molecular weight is 422 g/mol. The van der Waals surface area contributed by atoms with E-state index in [-0.39, 0.29) is 35.4 Å². The number of hydrogen-bond donors (Lipinski definition) is 2. The number of carbonyl (C=O) groups excluding carboxylic acids is 1. The van der Waals surface area contributed by atoms with Gasteiger partial charge in [0.15, 0.2) is 5.96 Å². The highest BCUT2D eigenvalue weighted by Crippen LogP contribution is 2.60. The number of aliphatic imine (C=N–C) groups is 1. The molecule has 5 nitrogen and oxygen atoms in total. The smallest absolute Gasteiger partial charge is 0.240 e. The maximum absolute atomic E-state index is 12.0. The molecule has 1 amide bonds. The first-order valence-electron chi connectivity index (χ1n) is 7.98. The molecule has 0 aliphatic heterocycles. The Labute approximate surface area is 151 Å². The van der Waals surface area contributed by atoms with Crippen LogP contribution in [0.1, 0.15) is 46.5 Å². The quantitative estimate of drug-likeness (QED) is 0.406. The normalized spacial score (nSPS) is 20.0. The van der Waals surface area contributed by atoms with Crippen molar-refractivity contribution in [2.24, 2.45) is 16.3 Å². The summed E-state index contributed by atoms with van der Waals surface area (Å²) in [6.07, 6.45) is 5.47. The molecule has 2 aliphatic rings. The molecule has 6 heteroatoms. The summed E-state index contributed by atoms with van der Waals surface area (Å²) in [5, 5.41) is 6.44. The molecule has 0 atom stereocenters. The first-order valence-corrected chi connectivity index (χ1v) is 7.98. The molecule has 0 saturated heterocycles. The Morgan fingerprint density at radius 3 is 2.32 bits per heavy atom. The summed E-state index contributed by atoms with van der Waals surface area (Å²) in [6.45, 7) is 7.29. The van der Waals surface area contributed by atoms with E-state index in [2.05, 4.69) is 15.6 Å². The third-order valence-electron chi connectivity index (χ3n) is 4.40. The fourth-order valence-electron chi connectivity index (χ4n) is 2.97. The van der Waals surface area contributed by atoms with Crippen LogP contribution in [-0.4, -0.2) is 49.5 Å². The lowest BCUT2D eigenvalue weighted by Crippen LogP contribution is -2.49. The molecule has 0 aromatic rings. The first-order chi connectivity index (χ1) is 9.76. The predicted molar refractivity (Wildman–Crippen MR) is 102 cm³/mol. The zero-order chi connectivity index (χ0) is 15.7. The van der Waals surface area contributed by atoms with Crippen molar-refractivity contribution >= 4 is 35.8 Å². The van der Waals surface area contributed by atoms with E-state index in [1.54, 1.807) is 7.05 Å². The predicted octanol–water partition coefficient (Wildman–Crippen LogP) is 2.22. The molecule has 0 bridgehead atoms. The van der Waals surface area contributed by atoms with Gasteiger partial charge in [0, 0.05) is 26.2 Å². The topological polar surface area (TPSA) is 56.7 Å². The van der Waals surface area contributed by atoms with E-state index in [1.807, 2.05) is 32.7 Å². The van der Waals surface area contributed by atoms with Crippen molar-refractivity contribution < 1.29 is 4.79 Å². The van der Waals surface area contributed by atoms with Gasteiger partial charge in [0.05, 0.1) is 6.54 Å². The van der Waals surface area contributed by atoms with Gasteiger partial charge in [0.1, 0.15) is 0 Å². The van der Waals surface area contributed by atoms with E-state index >= 15 is 0 Å². The van der Waals surface area contributed by atoms with E-state index in [9.17, 15) is 4.79 Å². The molecular formula is C16H31IN4O. The molecule has 2 fully saturated rings. The molecule has 0 spiro atoms. The lowest BCUT2D eigenvalue weighted by Gasteiger charge is -2.26. The molecule has 22 heavy (non-hydrogen) atoms. The maximum atomic E-state index is 12.0. The Bertz CT molecular complexity index is 422. The van der Waals surface area contributed by atoms with Crippen LogP contribution in [0.5, 0.6) is 0 Å². The zero-order valence-corrected chi connectivity index (χ0v) is 16.9. The molecule has 0 aromatic heterocycles. The van der Waals surface area contributed by atoms with Crippen LogP contribution >= 0.6 is 24.0 Å². The van der Waals surface area contributed by atoms with Crippen molar-refractivity contribution in [3.8, 4) is 0 Å². The van der Waals surface area contributed by atoms with Crippen molar-refractivity contribution in [1.82, 2.24) is 15.5 Å². The minimum Gasteiger partial charge on any atom is -0.356 e. The molecule has 2 saturated carbocycles. The Morgan fingerprint density at radius 2 is 1.91 bits per heavy atom. The summed E-state index contributed by atoms with van der Waals surface area (Å²) in [4.78, 5) is 18.2. The molecule has 2 aliphatic carbocycles. The van der Waals surface area contributed by atoms with Gasteiger partial charge >= 0.3 is 0 Å². The van der Waals surface area contributed by atoms with Gasteiger partial charge in [-0.25, -0.2) is 0 Å². The SMILES string of the molecule is CN=C(NCC1(C2CC2)CC1)N(C)CC(=O)NC(C)(C)C.I. The van der Waals surface area contributed by atoms with Gasteiger partial charge in [0.25, 0.3) is 0 Å². The number of hydrogen-bond acceptors (Lipinski definition) is 2. The van der Waals surface area contributed by atoms with Gasteiger partial charge in [-0.3, -0.25) is 9.79 Å². The standard InChI is InChI=1S/C16H30N4O.HI/c1-15(2,3)19-13(21)10-20(5)14(17-4)18-11-16(8-9-16)12-6-7-12;/h12H,6-11H2,1-5H3,(H,17,18)(H,19,21);1H. The number of amides is 1. The minimum atomic E-state index is -0.196. The zero-order valence-electron chi connectivity index (χ0n) is 14.5. The molecular weight excluding hydrogens is 391 g/mol. The molecule has 2 rings (SSSR count). The summed E-state index contributed by atoms with van der Waals surface area (Å²) in [5.41, 5.74) is 0.337. The average Bonchev–Trinajstić information content (AvgIpc) is 3.21. The van der Waals surface area contributed by atoms with Gasteiger partial charge in [-0.1, -0.05) is 0 Å². The van der Waals surface area contributed by atoms with Crippen LogP contribution in [0.15, 0.2) is 4.99 Å². The van der Waals surface area contributed by atoms with E-state index in [0.717, 1.165) is 18.4 Å². The molecule has 0 aromatic carbocycles. The largest absolute Gasteiger partial charge is 0.356 e. The van der Waals surface area contributed by atoms with Crippen molar-refractivity contribution in [2.75, 3.05) is 27.2 Å². The number of guanidine groups is 1. The number of nitrogens with one attached hydrogen (secondary N) is 2. The Balaban J connectivity index is 0.00000242. The maximum Gasteiger partial charge on any atom is 0.240 e. The third-order valence-corrected chi connectivity index (χ3v) is 4.40. The Morgan fingerprint density at radius 1 is 1.32 bits per heavy atom. The van der Waals surface area contributed by atoms with Crippen molar-refractivity contribution in [2.45, 2.75) is 52.0 Å². The Kier molecular flexibility index (Phi) is 6.53. The van der Waals surface area contributed by atoms with Crippen molar-refractivity contribution in [3.63, 3.8) is 0 Å². The van der Waals surface area contributed by atoms with E-state index < -0.39 is 0 Å². The van der Waals surface area contributed by atoms with Crippen LogP contribution < -0.4 is 10.6 Å². The molecule has 0 radical (unpaired) electrons. The van der Waals surface area contributed by atoms with E-state index in [0.29, 0.717) is 12.0 Å². The molecule has 2 N–H and O–H groups in total. The number of likely N-dealkylation sites (N-methyl/N-ethyl adjacent to an activating group) is 1. The van der Waals surface area contributed by atoms with Gasteiger partial charge in [-0.15, -0.1) is 24.0 Å². The van der Waals surface area contributed by atoms with Crippen LogP contribution in [0.2, 0.25) is 0 Å². The highest BCUT2D eigenvalue weighted by molar-refractivity contribution is 14.0. The summed E-state index contributed by atoms with van der Waals surface area (Å²) in [7, 11) is 3.69. The van der Waals surface area contributed by atoms with Crippen molar-refractivity contribution in [3.05, 3.63) is 0 Å². The lowest BCUT2D eigenvalue weighted by molar-refractivity contribution is -0.122. The number of rotatable bonds is 5. The van der Waals surface area contributed by atoms with Crippen molar-refractivity contribution in [1.29, 1.82) is 0 Å². The first kappa shape index (κ1) is 19.5. The van der Waals surface area contributed by atoms with Gasteiger partial charge in [-0.2, -0.15) is 0 Å². The van der Waals surface area contributed by atoms with Crippen LogP contribution in [-0.2, 0) is 4.79 Å². The Hall–Kier alpha value is -0.530. The summed E-state index contributed by atoms with van der Waals surface area (Å²) in [5.74, 6) is 1.76. The number of halogens is 1. The number of nitrogens with zero attached hydrogens (tertiary/aromatic N) is 2. The second-order valence-electron chi connectivity index (χ2n) is 7.69. The highest BCUT2D eigenvalue weighted by atomic mass is 127. The summed E-state index contributed by atoms with van der Waals surface area (Å²) in [6, 6.07) is 0. The second-order valence-corrected chi connectivity index (χ2v) is 7.69. The van der Waals surface area contributed by atoms with Gasteiger partial charge in [-0.05, 0) is 57.8 Å². The second kappa shape index (κ2) is 7.36. The summed E-state index contributed by atoms with van der Waals surface area (Å²) < 4.78 is 0. The van der Waals surface area contributed by atoms with Crippen LogP contribution in [0.25, 0.3) is 0 Å². The fourth-order valence-corrected chi connectivity index (χ4v) is 2.97. The fraction of sp³-hybridized carbons (Fsp3) is 0.875. The molecule has 0 unspecified atom stereocenters. The minimum absolute atomic E-state index is 0. The molecule has 128 valence electrons. The third kappa shape index (κ3) is 5.59. The molecule has 0 heterocycles. The van der Waals surface area contributed by atoms with Crippen LogP contribution in [0, 0.1) is 11.3 Å². The van der Waals surface area contributed by atoms with Gasteiger partial charge in [0.2, 0.25) is 5.91 Å². The van der Waals surface area contributed by atoms with E-state index in [4.69, 9.17) is 0 Å². The summed E-state index contributed by atoms with van der Waals surface area (Å²) >= 11 is 0. The van der Waals surface area contributed by atoms with Crippen LogP contribution in [0.3, 0.4) is 0 Å². The van der Waals surface area contributed by atoms with Gasteiger partial charge < -0.3 is 15.5 Å². The monoisotopic (exact) mass is 422 g/mol.